The van der Waals surface area contributed by atoms with Crippen LogP contribution in [-0.4, -0.2) is 62.7 Å². The van der Waals surface area contributed by atoms with Gasteiger partial charge in [-0.1, -0.05) is 18.9 Å². The van der Waals surface area contributed by atoms with Crippen LogP contribution < -0.4 is 5.69 Å². The van der Waals surface area contributed by atoms with Gasteiger partial charge in [0.2, 0.25) is 0 Å². The van der Waals surface area contributed by atoms with E-state index in [0.717, 1.165) is 31.3 Å². The van der Waals surface area contributed by atoms with Gasteiger partial charge in [-0.15, -0.1) is 5.10 Å². The number of hydrogen-bond donors (Lipinski definition) is 0. The van der Waals surface area contributed by atoms with Crippen LogP contribution in [0.5, 0.6) is 0 Å². The van der Waals surface area contributed by atoms with E-state index in [4.69, 9.17) is 0 Å². The first-order valence-electron chi connectivity index (χ1n) is 8.82. The number of piperazine rings is 1. The molecule has 2 fully saturated rings. The Hall–Kier alpha value is -1.66. The standard InChI is InChI=1S/C17H25N5O/c23-17-21-8-4-3-7-16(21)18-22(17)14-11-19-9-12-20(13-10-19)15-5-1-2-6-15/h3-4,7-8,15H,1-2,5-6,9-14H2. The molecule has 1 saturated carbocycles. The van der Waals surface area contributed by atoms with Gasteiger partial charge in [0.15, 0.2) is 5.65 Å². The average molecular weight is 315 g/mol. The van der Waals surface area contributed by atoms with Crippen molar-refractivity contribution in [2.75, 3.05) is 32.7 Å². The predicted octanol–water partition coefficient (Wildman–Crippen LogP) is 1.06. The largest absolute Gasteiger partial charge is 0.350 e. The zero-order chi connectivity index (χ0) is 15.6. The Morgan fingerprint density at radius 3 is 2.57 bits per heavy atom. The van der Waals surface area contributed by atoms with Gasteiger partial charge in [-0.25, -0.2) is 9.48 Å². The van der Waals surface area contributed by atoms with Crippen LogP contribution in [-0.2, 0) is 6.54 Å². The monoisotopic (exact) mass is 315 g/mol. The second-order valence-corrected chi connectivity index (χ2v) is 6.75. The molecule has 1 aliphatic heterocycles. The van der Waals surface area contributed by atoms with E-state index in [-0.39, 0.29) is 5.69 Å². The van der Waals surface area contributed by atoms with E-state index in [9.17, 15) is 4.79 Å². The molecular formula is C17H25N5O. The lowest BCUT2D eigenvalue weighted by molar-refractivity contribution is 0.0948. The van der Waals surface area contributed by atoms with Gasteiger partial charge >= 0.3 is 5.69 Å². The first-order chi connectivity index (χ1) is 11.3. The second kappa shape index (κ2) is 6.45. The smallest absolute Gasteiger partial charge is 0.299 e. The highest BCUT2D eigenvalue weighted by molar-refractivity contribution is 5.35. The summed E-state index contributed by atoms with van der Waals surface area (Å²) in [6.07, 6.45) is 7.36. The van der Waals surface area contributed by atoms with Crippen molar-refractivity contribution in [2.45, 2.75) is 38.3 Å². The third kappa shape index (κ3) is 3.05. The Morgan fingerprint density at radius 1 is 1.04 bits per heavy atom. The maximum atomic E-state index is 12.3. The SMILES string of the molecule is O=c1n(CCN2CCN(C3CCCC3)CC2)nc2ccccn12. The first-order valence-corrected chi connectivity index (χ1v) is 8.82. The van der Waals surface area contributed by atoms with E-state index < -0.39 is 0 Å². The van der Waals surface area contributed by atoms with E-state index in [2.05, 4.69) is 14.9 Å². The molecule has 0 spiro atoms. The summed E-state index contributed by atoms with van der Waals surface area (Å²) in [4.78, 5) is 17.4. The molecule has 0 N–H and O–H groups in total. The van der Waals surface area contributed by atoms with Crippen LogP contribution in [0.4, 0.5) is 0 Å². The van der Waals surface area contributed by atoms with Gasteiger partial charge in [0, 0.05) is 45.0 Å². The molecule has 6 nitrogen and oxygen atoms in total. The summed E-state index contributed by atoms with van der Waals surface area (Å²) >= 11 is 0. The molecule has 124 valence electrons. The zero-order valence-corrected chi connectivity index (χ0v) is 13.6. The third-order valence-electron chi connectivity index (χ3n) is 5.36. The Kier molecular flexibility index (Phi) is 4.18. The normalized spacial score (nSPS) is 21.4. The summed E-state index contributed by atoms with van der Waals surface area (Å²) in [5, 5.41) is 4.40. The van der Waals surface area contributed by atoms with Crippen molar-refractivity contribution in [2.24, 2.45) is 0 Å². The van der Waals surface area contributed by atoms with Crippen LogP contribution in [0.25, 0.3) is 5.65 Å². The molecule has 2 aromatic rings. The van der Waals surface area contributed by atoms with Gasteiger partial charge < -0.3 is 0 Å². The van der Waals surface area contributed by atoms with Crippen LogP contribution >= 0.6 is 0 Å². The highest BCUT2D eigenvalue weighted by Gasteiger charge is 2.25. The van der Waals surface area contributed by atoms with Crippen molar-refractivity contribution in [1.29, 1.82) is 0 Å². The maximum absolute atomic E-state index is 12.3. The number of hydrogen-bond acceptors (Lipinski definition) is 4. The average Bonchev–Trinajstić information content (AvgIpc) is 3.23. The summed E-state index contributed by atoms with van der Waals surface area (Å²) in [6.45, 7) is 6.14. The number of fused-ring (bicyclic) bond motifs is 1. The quantitative estimate of drug-likeness (QED) is 0.846. The van der Waals surface area contributed by atoms with Gasteiger partial charge in [-0.3, -0.25) is 14.2 Å². The molecule has 6 heteroatoms. The molecule has 0 bridgehead atoms. The van der Waals surface area contributed by atoms with Crippen molar-refractivity contribution in [3.63, 3.8) is 0 Å². The lowest BCUT2D eigenvalue weighted by Crippen LogP contribution is -2.50. The molecule has 0 radical (unpaired) electrons. The van der Waals surface area contributed by atoms with Crippen LogP contribution in [0, 0.1) is 0 Å². The highest BCUT2D eigenvalue weighted by Crippen LogP contribution is 2.24. The maximum Gasteiger partial charge on any atom is 0.350 e. The molecule has 1 aliphatic carbocycles. The molecule has 23 heavy (non-hydrogen) atoms. The van der Waals surface area contributed by atoms with Crippen LogP contribution in [0.1, 0.15) is 25.7 Å². The summed E-state index contributed by atoms with van der Waals surface area (Å²) < 4.78 is 3.21. The van der Waals surface area contributed by atoms with Gasteiger partial charge in [-0.05, 0) is 25.0 Å². The molecule has 3 heterocycles. The molecule has 0 amide bonds. The predicted molar refractivity (Wildman–Crippen MR) is 89.7 cm³/mol. The molecular weight excluding hydrogens is 290 g/mol. The number of pyridine rings is 1. The Bertz CT molecular complexity index is 707. The van der Waals surface area contributed by atoms with Crippen molar-refractivity contribution in [3.8, 4) is 0 Å². The number of nitrogens with zero attached hydrogens (tertiary/aromatic N) is 5. The van der Waals surface area contributed by atoms with E-state index >= 15 is 0 Å². The minimum absolute atomic E-state index is 0.0369. The van der Waals surface area contributed by atoms with Gasteiger partial charge in [0.25, 0.3) is 0 Å². The number of aromatic nitrogens is 3. The molecule has 0 unspecified atom stereocenters. The first kappa shape index (κ1) is 14.9. The van der Waals surface area contributed by atoms with Crippen molar-refractivity contribution in [3.05, 3.63) is 34.9 Å². The van der Waals surface area contributed by atoms with Crippen LogP contribution in [0.3, 0.4) is 0 Å². The minimum atomic E-state index is -0.0369. The summed E-state index contributed by atoms with van der Waals surface area (Å²) in [6, 6.07) is 6.48. The minimum Gasteiger partial charge on any atom is -0.299 e. The Labute approximate surface area is 136 Å². The number of rotatable bonds is 4. The molecule has 0 atom stereocenters. The zero-order valence-electron chi connectivity index (χ0n) is 13.6. The third-order valence-corrected chi connectivity index (χ3v) is 5.36. The van der Waals surface area contributed by atoms with Gasteiger partial charge in [0.05, 0.1) is 6.54 Å². The molecule has 2 aliphatic rings. The fourth-order valence-electron chi connectivity index (χ4n) is 3.97. The van der Waals surface area contributed by atoms with Crippen molar-refractivity contribution >= 4 is 5.65 Å². The van der Waals surface area contributed by atoms with Crippen molar-refractivity contribution < 1.29 is 0 Å². The molecule has 0 aromatic carbocycles. The van der Waals surface area contributed by atoms with Crippen molar-refractivity contribution in [1.82, 2.24) is 24.0 Å². The van der Waals surface area contributed by atoms with Gasteiger partial charge in [0.1, 0.15) is 0 Å². The lowest BCUT2D eigenvalue weighted by Gasteiger charge is -2.38. The van der Waals surface area contributed by atoms with E-state index in [0.29, 0.717) is 6.54 Å². The van der Waals surface area contributed by atoms with E-state index in [1.807, 2.05) is 18.2 Å². The second-order valence-electron chi connectivity index (χ2n) is 6.75. The Morgan fingerprint density at radius 2 is 1.83 bits per heavy atom. The fraction of sp³-hybridized carbons (Fsp3) is 0.647. The van der Waals surface area contributed by atoms with E-state index in [1.165, 1.54) is 38.8 Å². The van der Waals surface area contributed by atoms with Crippen LogP contribution in [0.15, 0.2) is 29.2 Å². The lowest BCUT2D eigenvalue weighted by atomic mass is 10.2. The van der Waals surface area contributed by atoms with Crippen LogP contribution in [0.2, 0.25) is 0 Å². The van der Waals surface area contributed by atoms with Gasteiger partial charge in [-0.2, -0.15) is 0 Å². The summed E-state index contributed by atoms with van der Waals surface area (Å²) in [5.74, 6) is 0. The topological polar surface area (TPSA) is 45.8 Å². The molecule has 2 aromatic heterocycles. The summed E-state index contributed by atoms with van der Waals surface area (Å²) in [5.41, 5.74) is 0.689. The molecule has 1 saturated heterocycles. The molecule has 4 rings (SSSR count). The highest BCUT2D eigenvalue weighted by atomic mass is 16.2. The Balaban J connectivity index is 1.33. The fourth-order valence-corrected chi connectivity index (χ4v) is 3.97. The van der Waals surface area contributed by atoms with E-state index in [1.54, 1.807) is 15.3 Å². The summed E-state index contributed by atoms with van der Waals surface area (Å²) in [7, 11) is 0.